The standard InChI is InChI=1S/C8H8N2O3S/c1-4-6(8(9)11)2-5(14)3-7(4)10(12)13/h2-3,14H,1H3,(H2,9,11). The first-order valence-corrected chi connectivity index (χ1v) is 4.16. The van der Waals surface area contributed by atoms with Crippen molar-refractivity contribution in [2.45, 2.75) is 11.8 Å². The molecule has 1 aromatic carbocycles. The molecule has 1 aromatic rings. The van der Waals surface area contributed by atoms with Crippen LogP contribution in [0.5, 0.6) is 0 Å². The summed E-state index contributed by atoms with van der Waals surface area (Å²) in [5.74, 6) is -0.693. The van der Waals surface area contributed by atoms with Gasteiger partial charge in [0, 0.05) is 22.1 Å². The SMILES string of the molecule is Cc1c(C(N)=O)cc(S)cc1[N+](=O)[O-]. The zero-order valence-corrected chi connectivity index (χ0v) is 8.25. The van der Waals surface area contributed by atoms with Crippen LogP contribution in [0.25, 0.3) is 0 Å². The van der Waals surface area contributed by atoms with E-state index in [0.717, 1.165) is 0 Å². The molecule has 0 fully saturated rings. The molecule has 0 bridgehead atoms. The lowest BCUT2D eigenvalue weighted by Gasteiger charge is -2.03. The first kappa shape index (κ1) is 10.5. The van der Waals surface area contributed by atoms with Gasteiger partial charge in [0.15, 0.2) is 0 Å². The molecule has 0 atom stereocenters. The molecule has 6 heteroatoms. The van der Waals surface area contributed by atoms with Crippen molar-refractivity contribution in [1.82, 2.24) is 0 Å². The van der Waals surface area contributed by atoms with Crippen molar-refractivity contribution in [3.05, 3.63) is 33.4 Å². The van der Waals surface area contributed by atoms with E-state index in [9.17, 15) is 14.9 Å². The van der Waals surface area contributed by atoms with Gasteiger partial charge in [-0.25, -0.2) is 0 Å². The summed E-state index contributed by atoms with van der Waals surface area (Å²) >= 11 is 3.95. The fourth-order valence-corrected chi connectivity index (χ4v) is 1.38. The number of thiol groups is 1. The summed E-state index contributed by atoms with van der Waals surface area (Å²) in [6.07, 6.45) is 0. The third-order valence-electron chi connectivity index (χ3n) is 1.83. The summed E-state index contributed by atoms with van der Waals surface area (Å²) in [5.41, 5.74) is 5.30. The van der Waals surface area contributed by atoms with Gasteiger partial charge in [0.25, 0.3) is 5.69 Å². The van der Waals surface area contributed by atoms with E-state index in [-0.39, 0.29) is 16.8 Å². The number of nitrogens with zero attached hydrogens (tertiary/aromatic N) is 1. The Labute approximate surface area is 85.5 Å². The van der Waals surface area contributed by atoms with Gasteiger partial charge in [-0.15, -0.1) is 12.6 Å². The van der Waals surface area contributed by atoms with Crippen LogP contribution >= 0.6 is 12.6 Å². The van der Waals surface area contributed by atoms with Gasteiger partial charge < -0.3 is 5.73 Å². The van der Waals surface area contributed by atoms with Crippen LogP contribution in [0, 0.1) is 17.0 Å². The van der Waals surface area contributed by atoms with Gasteiger partial charge in [0.05, 0.1) is 4.92 Å². The monoisotopic (exact) mass is 212 g/mol. The summed E-state index contributed by atoms with van der Waals surface area (Å²) < 4.78 is 0. The van der Waals surface area contributed by atoms with E-state index in [1.54, 1.807) is 0 Å². The normalized spacial score (nSPS) is 9.86. The quantitative estimate of drug-likeness (QED) is 0.440. The van der Waals surface area contributed by atoms with Crippen molar-refractivity contribution in [1.29, 1.82) is 0 Å². The largest absolute Gasteiger partial charge is 0.366 e. The summed E-state index contributed by atoms with van der Waals surface area (Å²) in [6, 6.07) is 2.69. The second-order valence-corrected chi connectivity index (χ2v) is 3.28. The summed E-state index contributed by atoms with van der Waals surface area (Å²) in [6.45, 7) is 1.48. The third kappa shape index (κ3) is 1.85. The molecule has 5 nitrogen and oxygen atoms in total. The zero-order valence-electron chi connectivity index (χ0n) is 7.35. The van der Waals surface area contributed by atoms with Crippen LogP contribution in [0.4, 0.5) is 5.69 Å². The molecule has 0 aliphatic heterocycles. The molecular weight excluding hydrogens is 204 g/mol. The van der Waals surface area contributed by atoms with Crippen LogP contribution in [0.3, 0.4) is 0 Å². The number of benzene rings is 1. The first-order chi connectivity index (χ1) is 6.43. The highest BCUT2D eigenvalue weighted by Crippen LogP contribution is 2.25. The smallest absolute Gasteiger partial charge is 0.274 e. The average Bonchev–Trinajstić information content (AvgIpc) is 2.07. The van der Waals surface area contributed by atoms with Gasteiger partial charge in [-0.3, -0.25) is 14.9 Å². The second kappa shape index (κ2) is 3.67. The minimum Gasteiger partial charge on any atom is -0.366 e. The van der Waals surface area contributed by atoms with Crippen molar-refractivity contribution in [2.75, 3.05) is 0 Å². The highest BCUT2D eigenvalue weighted by atomic mass is 32.1. The number of primary amides is 1. The molecule has 1 rings (SSSR count). The molecule has 0 heterocycles. The molecule has 0 aromatic heterocycles. The first-order valence-electron chi connectivity index (χ1n) is 3.71. The van der Waals surface area contributed by atoms with E-state index >= 15 is 0 Å². The van der Waals surface area contributed by atoms with E-state index < -0.39 is 10.8 Å². The van der Waals surface area contributed by atoms with E-state index in [1.165, 1.54) is 19.1 Å². The zero-order chi connectivity index (χ0) is 10.9. The van der Waals surface area contributed by atoms with E-state index in [4.69, 9.17) is 5.73 Å². The number of hydrogen-bond donors (Lipinski definition) is 2. The van der Waals surface area contributed by atoms with Gasteiger partial charge in [-0.1, -0.05) is 0 Å². The lowest BCUT2D eigenvalue weighted by Crippen LogP contribution is -2.13. The van der Waals surface area contributed by atoms with Crippen LogP contribution in [0.15, 0.2) is 17.0 Å². The molecule has 0 saturated heterocycles. The molecule has 0 aliphatic carbocycles. The number of rotatable bonds is 2. The van der Waals surface area contributed by atoms with Gasteiger partial charge in [-0.05, 0) is 13.0 Å². The van der Waals surface area contributed by atoms with Crippen LogP contribution < -0.4 is 5.73 Å². The molecule has 14 heavy (non-hydrogen) atoms. The fourth-order valence-electron chi connectivity index (χ4n) is 1.13. The van der Waals surface area contributed by atoms with Crippen LogP contribution in [0.1, 0.15) is 15.9 Å². The maximum absolute atomic E-state index is 10.9. The maximum Gasteiger partial charge on any atom is 0.274 e. The Morgan fingerprint density at radius 3 is 2.57 bits per heavy atom. The predicted octanol–water partition coefficient (Wildman–Crippen LogP) is 1.29. The van der Waals surface area contributed by atoms with Gasteiger partial charge in [0.2, 0.25) is 5.91 Å². The van der Waals surface area contributed by atoms with Crippen LogP contribution in [0.2, 0.25) is 0 Å². The number of nitro groups is 1. The minimum atomic E-state index is -0.693. The fraction of sp³-hybridized carbons (Fsp3) is 0.125. The second-order valence-electron chi connectivity index (χ2n) is 2.76. The van der Waals surface area contributed by atoms with Crippen molar-refractivity contribution >= 4 is 24.2 Å². The van der Waals surface area contributed by atoms with E-state index in [1.807, 2.05) is 0 Å². The Morgan fingerprint density at radius 1 is 1.57 bits per heavy atom. The Bertz CT molecular complexity index is 382. The number of carbonyl (C=O) groups is 1. The Hall–Kier alpha value is -1.56. The van der Waals surface area contributed by atoms with Crippen molar-refractivity contribution in [3.8, 4) is 0 Å². The van der Waals surface area contributed by atoms with E-state index in [0.29, 0.717) is 4.90 Å². The van der Waals surface area contributed by atoms with Crippen LogP contribution in [-0.4, -0.2) is 10.8 Å². The Kier molecular flexibility index (Phi) is 2.76. The van der Waals surface area contributed by atoms with Crippen molar-refractivity contribution < 1.29 is 9.72 Å². The molecule has 0 aliphatic rings. The molecule has 1 amide bonds. The Balaban J connectivity index is 3.47. The molecular formula is C8H8N2O3S. The van der Waals surface area contributed by atoms with Crippen molar-refractivity contribution in [2.24, 2.45) is 5.73 Å². The molecule has 2 N–H and O–H groups in total. The maximum atomic E-state index is 10.9. The van der Waals surface area contributed by atoms with Gasteiger partial charge in [0.1, 0.15) is 0 Å². The number of nitro benzene ring substituents is 1. The number of hydrogen-bond acceptors (Lipinski definition) is 4. The lowest BCUT2D eigenvalue weighted by molar-refractivity contribution is -0.385. The summed E-state index contributed by atoms with van der Waals surface area (Å²) in [5, 5.41) is 10.6. The molecule has 0 saturated carbocycles. The molecule has 0 spiro atoms. The average molecular weight is 212 g/mol. The summed E-state index contributed by atoms with van der Waals surface area (Å²) in [4.78, 5) is 21.3. The van der Waals surface area contributed by atoms with Crippen molar-refractivity contribution in [3.63, 3.8) is 0 Å². The summed E-state index contributed by atoms with van der Waals surface area (Å²) in [7, 11) is 0. The number of amides is 1. The topological polar surface area (TPSA) is 86.2 Å². The third-order valence-corrected chi connectivity index (χ3v) is 2.09. The molecule has 74 valence electrons. The van der Waals surface area contributed by atoms with Gasteiger partial charge >= 0.3 is 0 Å². The highest BCUT2D eigenvalue weighted by Gasteiger charge is 2.17. The van der Waals surface area contributed by atoms with Crippen LogP contribution in [-0.2, 0) is 0 Å². The number of nitrogens with two attached hydrogens (primary N) is 1. The van der Waals surface area contributed by atoms with E-state index in [2.05, 4.69) is 12.6 Å². The lowest BCUT2D eigenvalue weighted by atomic mass is 10.1. The number of carbonyl (C=O) groups excluding carboxylic acids is 1. The minimum absolute atomic E-state index is 0.129. The molecule has 0 unspecified atom stereocenters. The van der Waals surface area contributed by atoms with Gasteiger partial charge in [-0.2, -0.15) is 0 Å². The Morgan fingerprint density at radius 2 is 2.14 bits per heavy atom. The predicted molar refractivity (Wildman–Crippen MR) is 53.6 cm³/mol. The molecule has 0 radical (unpaired) electrons. The highest BCUT2D eigenvalue weighted by molar-refractivity contribution is 7.80.